The van der Waals surface area contributed by atoms with Gasteiger partial charge in [0, 0.05) is 37.7 Å². The molecule has 0 aliphatic heterocycles. The molecular formula is C15H33NO3S2Si. The molecule has 1 rings (SSSR count). The molecule has 1 aliphatic rings. The van der Waals surface area contributed by atoms with Gasteiger partial charge in [-0.3, -0.25) is 4.72 Å². The van der Waals surface area contributed by atoms with E-state index in [-0.39, 0.29) is 0 Å². The maximum absolute atomic E-state index is 5.87. The Labute approximate surface area is 145 Å². The van der Waals surface area contributed by atoms with E-state index in [4.69, 9.17) is 13.3 Å². The summed E-state index contributed by atoms with van der Waals surface area (Å²) < 4.78 is 21.2. The number of hydrogen-bond acceptors (Lipinski definition) is 6. The van der Waals surface area contributed by atoms with Crippen molar-refractivity contribution in [2.75, 3.05) is 25.6 Å². The molecule has 0 amide bonds. The molecule has 7 heteroatoms. The van der Waals surface area contributed by atoms with Crippen molar-refractivity contribution < 1.29 is 13.3 Å². The molecule has 22 heavy (non-hydrogen) atoms. The van der Waals surface area contributed by atoms with E-state index >= 15 is 0 Å². The van der Waals surface area contributed by atoms with Crippen LogP contribution < -0.4 is 4.72 Å². The number of hydrogen-bond donors (Lipinski definition) is 1. The Hall–Kier alpha value is 0.757. The van der Waals surface area contributed by atoms with Gasteiger partial charge in [-0.1, -0.05) is 30.1 Å². The third-order valence-corrected chi connectivity index (χ3v) is 8.98. The molecule has 4 nitrogen and oxygen atoms in total. The van der Waals surface area contributed by atoms with Crippen LogP contribution in [0.1, 0.15) is 59.3 Å². The molecular weight excluding hydrogens is 334 g/mol. The quantitative estimate of drug-likeness (QED) is 0.221. The van der Waals surface area contributed by atoms with E-state index in [0.717, 1.165) is 24.3 Å². The van der Waals surface area contributed by atoms with Gasteiger partial charge < -0.3 is 13.3 Å². The Bertz CT molecular complexity index is 252. The zero-order chi connectivity index (χ0) is 16.1. The van der Waals surface area contributed by atoms with Crippen LogP contribution in [0.15, 0.2) is 0 Å². The molecule has 1 aliphatic carbocycles. The van der Waals surface area contributed by atoms with E-state index in [1.165, 1.54) is 32.1 Å². The summed E-state index contributed by atoms with van der Waals surface area (Å²) in [4.78, 5) is 0. The first-order chi connectivity index (χ1) is 10.8. The number of nitrogens with one attached hydrogen (secondary N) is 1. The van der Waals surface area contributed by atoms with Gasteiger partial charge in [-0.15, -0.1) is 0 Å². The summed E-state index contributed by atoms with van der Waals surface area (Å²) in [5.74, 6) is 1.10. The van der Waals surface area contributed by atoms with Crippen LogP contribution in [-0.4, -0.2) is 40.4 Å². The zero-order valence-electron chi connectivity index (χ0n) is 14.4. The van der Waals surface area contributed by atoms with Crippen LogP contribution in [0.3, 0.4) is 0 Å². The minimum absolute atomic E-state index is 0.664. The van der Waals surface area contributed by atoms with E-state index in [2.05, 4.69) is 4.72 Å². The zero-order valence-corrected chi connectivity index (χ0v) is 17.0. The van der Waals surface area contributed by atoms with Crippen molar-refractivity contribution in [2.24, 2.45) is 0 Å². The van der Waals surface area contributed by atoms with Crippen molar-refractivity contribution >= 4 is 30.6 Å². The van der Waals surface area contributed by atoms with E-state index < -0.39 is 8.80 Å². The highest BCUT2D eigenvalue weighted by atomic mass is 33.1. The Balaban J connectivity index is 2.15. The van der Waals surface area contributed by atoms with Crippen molar-refractivity contribution in [1.29, 1.82) is 0 Å². The Morgan fingerprint density at radius 3 is 2.09 bits per heavy atom. The van der Waals surface area contributed by atoms with Gasteiger partial charge in [-0.05, 0) is 51.0 Å². The molecule has 1 N–H and O–H groups in total. The second-order valence-corrected chi connectivity index (χ2v) is 10.4. The van der Waals surface area contributed by atoms with Crippen LogP contribution in [0.2, 0.25) is 6.04 Å². The largest absolute Gasteiger partial charge is 0.500 e. The average molecular weight is 368 g/mol. The Morgan fingerprint density at radius 2 is 1.55 bits per heavy atom. The van der Waals surface area contributed by atoms with Gasteiger partial charge in [0.25, 0.3) is 0 Å². The van der Waals surface area contributed by atoms with Crippen molar-refractivity contribution in [3.05, 3.63) is 0 Å². The van der Waals surface area contributed by atoms with E-state index in [9.17, 15) is 0 Å². The van der Waals surface area contributed by atoms with Gasteiger partial charge in [-0.25, -0.2) is 0 Å². The van der Waals surface area contributed by atoms with Crippen molar-refractivity contribution in [1.82, 2.24) is 4.72 Å². The standard InChI is InChI=1S/C15H33NO3S2Si/c1-4-17-22(18-5-2,19-6-3)14-10-13-20-21-16-15-11-8-7-9-12-15/h15-16H,4-14H2,1-3H3. The average Bonchev–Trinajstić information content (AvgIpc) is 2.52. The fourth-order valence-electron chi connectivity index (χ4n) is 2.71. The molecule has 0 radical (unpaired) electrons. The van der Waals surface area contributed by atoms with Crippen LogP contribution in [-0.2, 0) is 13.3 Å². The molecule has 0 aromatic carbocycles. The van der Waals surface area contributed by atoms with Crippen LogP contribution in [0.25, 0.3) is 0 Å². The normalized spacial score (nSPS) is 17.0. The summed E-state index contributed by atoms with van der Waals surface area (Å²) >= 11 is 0. The lowest BCUT2D eigenvalue weighted by molar-refractivity contribution is 0.0712. The smallest absolute Gasteiger partial charge is 0.374 e. The number of rotatable bonds is 13. The highest BCUT2D eigenvalue weighted by Gasteiger charge is 2.39. The van der Waals surface area contributed by atoms with E-state index in [0.29, 0.717) is 19.8 Å². The highest BCUT2D eigenvalue weighted by molar-refractivity contribution is 8.76. The highest BCUT2D eigenvalue weighted by Crippen LogP contribution is 2.26. The SMILES string of the molecule is CCO[Si](CCCSSNC1CCCCC1)(OCC)OCC. The minimum atomic E-state index is -2.43. The van der Waals surface area contributed by atoms with Gasteiger partial charge in [0.1, 0.15) is 0 Å². The molecule has 0 aromatic rings. The topological polar surface area (TPSA) is 39.7 Å². The first kappa shape index (κ1) is 20.8. The maximum atomic E-state index is 5.87. The second-order valence-electron chi connectivity index (χ2n) is 5.44. The third kappa shape index (κ3) is 8.56. The molecule has 0 atom stereocenters. The van der Waals surface area contributed by atoms with Crippen molar-refractivity contribution in [3.63, 3.8) is 0 Å². The summed E-state index contributed by atoms with van der Waals surface area (Å²) in [5, 5.41) is 0. The summed E-state index contributed by atoms with van der Waals surface area (Å²) in [7, 11) is 1.28. The molecule has 0 saturated heterocycles. The monoisotopic (exact) mass is 367 g/mol. The van der Waals surface area contributed by atoms with Crippen LogP contribution in [0.5, 0.6) is 0 Å². The predicted octanol–water partition coefficient (Wildman–Crippen LogP) is 4.64. The van der Waals surface area contributed by atoms with E-state index in [1.54, 1.807) is 0 Å². The molecule has 0 unspecified atom stereocenters. The molecule has 0 spiro atoms. The summed E-state index contributed by atoms with van der Waals surface area (Å²) in [6.07, 6.45) is 7.93. The molecule has 0 heterocycles. The fraction of sp³-hybridized carbons (Fsp3) is 1.00. The van der Waals surface area contributed by atoms with Gasteiger partial charge in [0.05, 0.1) is 0 Å². The van der Waals surface area contributed by atoms with Gasteiger partial charge in [0.15, 0.2) is 0 Å². The molecule has 132 valence electrons. The van der Waals surface area contributed by atoms with Gasteiger partial charge in [0.2, 0.25) is 0 Å². The van der Waals surface area contributed by atoms with Crippen molar-refractivity contribution in [2.45, 2.75) is 71.4 Å². The van der Waals surface area contributed by atoms with Crippen LogP contribution in [0, 0.1) is 0 Å². The molecule has 0 aromatic heterocycles. The maximum Gasteiger partial charge on any atom is 0.500 e. The Kier molecular flexibility index (Phi) is 12.4. The Morgan fingerprint density at radius 1 is 0.955 bits per heavy atom. The lowest BCUT2D eigenvalue weighted by Crippen LogP contribution is -2.46. The van der Waals surface area contributed by atoms with E-state index in [1.807, 2.05) is 42.5 Å². The summed E-state index contributed by atoms with van der Waals surface area (Å²) in [6.45, 7) is 8.03. The first-order valence-electron chi connectivity index (χ1n) is 8.72. The minimum Gasteiger partial charge on any atom is -0.374 e. The lowest BCUT2D eigenvalue weighted by atomic mass is 9.96. The fourth-order valence-corrected chi connectivity index (χ4v) is 7.58. The lowest BCUT2D eigenvalue weighted by Gasteiger charge is -2.28. The summed E-state index contributed by atoms with van der Waals surface area (Å²) in [5.41, 5.74) is 0. The van der Waals surface area contributed by atoms with Gasteiger partial charge >= 0.3 is 8.80 Å². The van der Waals surface area contributed by atoms with Crippen molar-refractivity contribution in [3.8, 4) is 0 Å². The van der Waals surface area contributed by atoms with Crippen LogP contribution >= 0.6 is 21.8 Å². The second kappa shape index (κ2) is 13.1. The summed E-state index contributed by atoms with van der Waals surface area (Å²) in [6, 6.07) is 1.63. The molecule has 0 bridgehead atoms. The molecule has 1 saturated carbocycles. The predicted molar refractivity (Wildman–Crippen MR) is 100 cm³/mol. The molecule has 1 fully saturated rings. The first-order valence-corrected chi connectivity index (χ1v) is 13.0. The van der Waals surface area contributed by atoms with Crippen LogP contribution in [0.4, 0.5) is 0 Å². The third-order valence-electron chi connectivity index (χ3n) is 3.68. The van der Waals surface area contributed by atoms with Gasteiger partial charge in [-0.2, -0.15) is 0 Å².